The summed E-state index contributed by atoms with van der Waals surface area (Å²) in [4.78, 5) is 4.15. The smallest absolute Gasteiger partial charge is 0.0991 e. The van der Waals surface area contributed by atoms with E-state index in [1.165, 1.54) is 32.1 Å². The van der Waals surface area contributed by atoms with Gasteiger partial charge in [0.25, 0.3) is 0 Å². The molecule has 1 aliphatic rings. The Morgan fingerprint density at radius 1 is 1.35 bits per heavy atom. The van der Waals surface area contributed by atoms with Crippen molar-refractivity contribution < 1.29 is 4.74 Å². The Bertz CT molecular complexity index is 320. The topological polar surface area (TPSA) is 48.1 Å². The summed E-state index contributed by atoms with van der Waals surface area (Å²) in [7, 11) is 0. The van der Waals surface area contributed by atoms with Gasteiger partial charge in [-0.15, -0.1) is 0 Å². The molecule has 0 aromatic carbocycles. The van der Waals surface area contributed by atoms with Gasteiger partial charge in [0.15, 0.2) is 0 Å². The number of hydrogen-bond acceptors (Lipinski definition) is 3. The first-order chi connectivity index (χ1) is 8.27. The van der Waals surface area contributed by atoms with Crippen LogP contribution in [0, 0.1) is 0 Å². The van der Waals surface area contributed by atoms with Crippen molar-refractivity contribution in [2.24, 2.45) is 5.73 Å². The van der Waals surface area contributed by atoms with Crippen molar-refractivity contribution in [1.29, 1.82) is 0 Å². The maximum Gasteiger partial charge on any atom is 0.0991 e. The van der Waals surface area contributed by atoms with Gasteiger partial charge in [-0.1, -0.05) is 25.3 Å². The lowest BCUT2D eigenvalue weighted by Crippen LogP contribution is -2.31. The van der Waals surface area contributed by atoms with Crippen molar-refractivity contribution in [1.82, 2.24) is 4.98 Å². The first kappa shape index (κ1) is 12.5. The summed E-state index contributed by atoms with van der Waals surface area (Å²) in [5.41, 5.74) is 7.12. The van der Waals surface area contributed by atoms with Gasteiger partial charge in [0, 0.05) is 24.0 Å². The molecule has 0 radical (unpaired) electrons. The molecular weight excluding hydrogens is 212 g/mol. The molecular formula is C14H22N2O. The Balaban J connectivity index is 2.02. The van der Waals surface area contributed by atoms with E-state index < -0.39 is 0 Å². The lowest BCUT2D eigenvalue weighted by atomic mass is 9.97. The highest BCUT2D eigenvalue weighted by Gasteiger charge is 2.23. The van der Waals surface area contributed by atoms with Crippen LogP contribution >= 0.6 is 0 Å². The SMILES string of the molecule is CC(N)C(OC1CCCCC1)c1cccnc1. The maximum atomic E-state index is 6.17. The normalized spacial score (nSPS) is 21.1. The zero-order valence-corrected chi connectivity index (χ0v) is 10.5. The zero-order chi connectivity index (χ0) is 12.1. The monoisotopic (exact) mass is 234 g/mol. The minimum atomic E-state index is -0.0215. The first-order valence-electron chi connectivity index (χ1n) is 6.58. The molecule has 0 amide bonds. The van der Waals surface area contributed by atoms with Gasteiger partial charge in [-0.25, -0.2) is 0 Å². The molecule has 1 heterocycles. The fourth-order valence-electron chi connectivity index (χ4n) is 2.46. The molecule has 1 saturated carbocycles. The van der Waals surface area contributed by atoms with E-state index in [9.17, 15) is 0 Å². The first-order valence-corrected chi connectivity index (χ1v) is 6.58. The molecule has 94 valence electrons. The number of ether oxygens (including phenoxy) is 1. The highest BCUT2D eigenvalue weighted by atomic mass is 16.5. The fourth-order valence-corrected chi connectivity index (χ4v) is 2.46. The second kappa shape index (κ2) is 6.12. The van der Waals surface area contributed by atoms with Gasteiger partial charge < -0.3 is 10.5 Å². The van der Waals surface area contributed by atoms with Crippen molar-refractivity contribution in [2.45, 2.75) is 57.3 Å². The third-order valence-corrected chi connectivity index (χ3v) is 3.38. The molecule has 1 fully saturated rings. The minimum absolute atomic E-state index is 0.00104. The molecule has 2 N–H and O–H groups in total. The van der Waals surface area contributed by atoms with Crippen molar-refractivity contribution >= 4 is 0 Å². The van der Waals surface area contributed by atoms with Crippen LogP contribution in [0.4, 0.5) is 0 Å². The molecule has 17 heavy (non-hydrogen) atoms. The van der Waals surface area contributed by atoms with E-state index in [-0.39, 0.29) is 12.1 Å². The average molecular weight is 234 g/mol. The van der Waals surface area contributed by atoms with Crippen LogP contribution in [-0.2, 0) is 4.74 Å². The van der Waals surface area contributed by atoms with E-state index in [1.54, 1.807) is 6.20 Å². The van der Waals surface area contributed by atoms with E-state index in [2.05, 4.69) is 4.98 Å². The quantitative estimate of drug-likeness (QED) is 0.871. The highest BCUT2D eigenvalue weighted by molar-refractivity contribution is 5.14. The summed E-state index contributed by atoms with van der Waals surface area (Å²) in [5.74, 6) is 0. The Morgan fingerprint density at radius 2 is 2.12 bits per heavy atom. The predicted octanol–water partition coefficient (Wildman–Crippen LogP) is 2.82. The second-order valence-corrected chi connectivity index (χ2v) is 4.96. The van der Waals surface area contributed by atoms with E-state index in [1.807, 2.05) is 25.3 Å². The van der Waals surface area contributed by atoms with Gasteiger partial charge in [-0.3, -0.25) is 4.98 Å². The molecule has 3 nitrogen and oxygen atoms in total. The molecule has 0 saturated heterocycles. The molecule has 1 aliphatic carbocycles. The summed E-state index contributed by atoms with van der Waals surface area (Å²) in [6.45, 7) is 2.00. The van der Waals surface area contributed by atoms with Crippen LogP contribution in [0.3, 0.4) is 0 Å². The maximum absolute atomic E-state index is 6.17. The van der Waals surface area contributed by atoms with E-state index >= 15 is 0 Å². The van der Waals surface area contributed by atoms with Crippen LogP contribution in [0.15, 0.2) is 24.5 Å². The number of rotatable bonds is 4. The largest absolute Gasteiger partial charge is 0.369 e. The molecule has 0 bridgehead atoms. The van der Waals surface area contributed by atoms with E-state index in [0.29, 0.717) is 6.10 Å². The summed E-state index contributed by atoms with van der Waals surface area (Å²) in [5, 5.41) is 0. The standard InChI is InChI=1S/C14H22N2O/c1-11(15)14(12-6-5-9-16-10-12)17-13-7-3-2-4-8-13/h5-6,9-11,13-14H,2-4,7-8,15H2,1H3. The summed E-state index contributed by atoms with van der Waals surface area (Å²) < 4.78 is 6.17. The van der Waals surface area contributed by atoms with Crippen molar-refractivity contribution in [3.63, 3.8) is 0 Å². The molecule has 0 aliphatic heterocycles. The molecule has 2 unspecified atom stereocenters. The van der Waals surface area contributed by atoms with E-state index in [0.717, 1.165) is 5.56 Å². The van der Waals surface area contributed by atoms with Crippen LogP contribution in [0.2, 0.25) is 0 Å². The molecule has 0 spiro atoms. The molecule has 3 heteroatoms. The van der Waals surface area contributed by atoms with Crippen LogP contribution in [0.1, 0.15) is 50.7 Å². The number of aromatic nitrogens is 1. The van der Waals surface area contributed by atoms with Crippen molar-refractivity contribution in [3.8, 4) is 0 Å². The van der Waals surface area contributed by atoms with Gasteiger partial charge in [0.05, 0.1) is 12.2 Å². The van der Waals surface area contributed by atoms with Crippen LogP contribution in [-0.4, -0.2) is 17.1 Å². The predicted molar refractivity (Wildman–Crippen MR) is 68.6 cm³/mol. The fraction of sp³-hybridized carbons (Fsp3) is 0.643. The third-order valence-electron chi connectivity index (χ3n) is 3.38. The van der Waals surface area contributed by atoms with Crippen LogP contribution in [0.5, 0.6) is 0 Å². The zero-order valence-electron chi connectivity index (χ0n) is 10.5. The summed E-state index contributed by atoms with van der Waals surface area (Å²) >= 11 is 0. The lowest BCUT2D eigenvalue weighted by molar-refractivity contribution is -0.0408. The van der Waals surface area contributed by atoms with Gasteiger partial charge in [0.2, 0.25) is 0 Å². The van der Waals surface area contributed by atoms with Crippen molar-refractivity contribution in [2.75, 3.05) is 0 Å². The van der Waals surface area contributed by atoms with Gasteiger partial charge in [0.1, 0.15) is 0 Å². The Morgan fingerprint density at radius 3 is 2.71 bits per heavy atom. The number of hydrogen-bond donors (Lipinski definition) is 1. The van der Waals surface area contributed by atoms with Crippen LogP contribution in [0.25, 0.3) is 0 Å². The Hall–Kier alpha value is -0.930. The van der Waals surface area contributed by atoms with Gasteiger partial charge in [-0.05, 0) is 25.8 Å². The van der Waals surface area contributed by atoms with E-state index in [4.69, 9.17) is 10.5 Å². The summed E-state index contributed by atoms with van der Waals surface area (Å²) in [6, 6.07) is 3.99. The Labute approximate surface area is 103 Å². The molecule has 2 rings (SSSR count). The number of pyridine rings is 1. The summed E-state index contributed by atoms with van der Waals surface area (Å²) in [6.07, 6.45) is 10.2. The highest BCUT2D eigenvalue weighted by Crippen LogP contribution is 2.28. The van der Waals surface area contributed by atoms with Gasteiger partial charge >= 0.3 is 0 Å². The molecule has 1 aromatic heterocycles. The van der Waals surface area contributed by atoms with Crippen LogP contribution < -0.4 is 5.73 Å². The third kappa shape index (κ3) is 3.51. The molecule has 1 aromatic rings. The van der Waals surface area contributed by atoms with Gasteiger partial charge in [-0.2, -0.15) is 0 Å². The minimum Gasteiger partial charge on any atom is -0.369 e. The van der Waals surface area contributed by atoms with Crippen molar-refractivity contribution in [3.05, 3.63) is 30.1 Å². The number of nitrogens with zero attached hydrogens (tertiary/aromatic N) is 1. The number of nitrogens with two attached hydrogens (primary N) is 1. The molecule has 2 atom stereocenters. The second-order valence-electron chi connectivity index (χ2n) is 4.96. The Kier molecular flexibility index (Phi) is 4.51. The average Bonchev–Trinajstić information content (AvgIpc) is 2.38. The lowest BCUT2D eigenvalue weighted by Gasteiger charge is -2.29.